The summed E-state index contributed by atoms with van der Waals surface area (Å²) in [4.78, 5) is 10.4. The molecule has 0 saturated carbocycles. The minimum absolute atomic E-state index is 0.0366. The molecule has 0 radical (unpaired) electrons. The minimum atomic E-state index is -2.20. The van der Waals surface area contributed by atoms with Crippen LogP contribution in [0.25, 0.3) is 0 Å². The highest BCUT2D eigenvalue weighted by atomic mass is 16.5. The maximum Gasteiger partial charge on any atom is 0.335 e. The van der Waals surface area contributed by atoms with Gasteiger partial charge in [-0.25, -0.2) is 4.79 Å². The van der Waals surface area contributed by atoms with Crippen LogP contribution in [0.15, 0.2) is 0 Å². The second-order valence-corrected chi connectivity index (χ2v) is 5.02. The van der Waals surface area contributed by atoms with Crippen molar-refractivity contribution in [2.75, 3.05) is 13.2 Å². The van der Waals surface area contributed by atoms with E-state index in [0.29, 0.717) is 6.42 Å². The average Bonchev–Trinajstić information content (AvgIpc) is 2.44. The molecule has 0 aliphatic rings. The zero-order chi connectivity index (χ0) is 16.4. The second kappa shape index (κ2) is 10.9. The van der Waals surface area contributed by atoms with Crippen molar-refractivity contribution in [1.82, 2.24) is 0 Å². The number of unbranched alkanes of at least 4 members (excludes halogenated alkanes) is 2. The van der Waals surface area contributed by atoms with Crippen LogP contribution < -0.4 is 0 Å². The van der Waals surface area contributed by atoms with Gasteiger partial charge < -0.3 is 35.4 Å². The van der Waals surface area contributed by atoms with Crippen molar-refractivity contribution < 1.29 is 40.2 Å². The van der Waals surface area contributed by atoms with Crippen LogP contribution >= 0.6 is 0 Å². The van der Waals surface area contributed by atoms with Crippen LogP contribution in [0.2, 0.25) is 0 Å². The van der Waals surface area contributed by atoms with Crippen molar-refractivity contribution in [2.45, 2.75) is 63.1 Å². The van der Waals surface area contributed by atoms with Crippen molar-refractivity contribution in [2.24, 2.45) is 0 Å². The molecule has 0 spiro atoms. The summed E-state index contributed by atoms with van der Waals surface area (Å²) in [6, 6.07) is 0. The Morgan fingerprint density at radius 1 is 1.00 bits per heavy atom. The quantitative estimate of drug-likeness (QED) is 0.238. The molecule has 0 aromatic carbocycles. The van der Waals surface area contributed by atoms with Crippen molar-refractivity contribution >= 4 is 5.97 Å². The molecule has 0 aliphatic heterocycles. The number of hydrogen-bond acceptors (Lipinski definition) is 7. The molecule has 0 saturated heterocycles. The third kappa shape index (κ3) is 8.30. The first-order valence-corrected chi connectivity index (χ1v) is 7.02. The van der Waals surface area contributed by atoms with Gasteiger partial charge in [0, 0.05) is 0 Å². The Kier molecular flexibility index (Phi) is 10.5. The lowest BCUT2D eigenvalue weighted by atomic mass is 10.0. The fraction of sp³-hybridized carbons (Fsp3) is 0.923. The lowest BCUT2D eigenvalue weighted by Crippen LogP contribution is -2.49. The molecule has 5 atom stereocenters. The number of aliphatic hydroxyl groups is 5. The third-order valence-corrected chi connectivity index (χ3v) is 3.06. The molecule has 6 N–H and O–H groups in total. The number of carboxylic acid groups (broad SMARTS) is 1. The molecule has 0 heterocycles. The van der Waals surface area contributed by atoms with E-state index >= 15 is 0 Å². The summed E-state index contributed by atoms with van der Waals surface area (Å²) in [7, 11) is 0. The van der Waals surface area contributed by atoms with Crippen molar-refractivity contribution in [1.29, 1.82) is 0 Å². The smallest absolute Gasteiger partial charge is 0.335 e. The molecule has 8 heteroatoms. The first-order chi connectivity index (χ1) is 9.81. The van der Waals surface area contributed by atoms with Gasteiger partial charge in [-0.05, 0) is 6.42 Å². The van der Waals surface area contributed by atoms with Crippen LogP contribution in [0.4, 0.5) is 0 Å². The first-order valence-electron chi connectivity index (χ1n) is 7.02. The zero-order valence-electron chi connectivity index (χ0n) is 12.1. The van der Waals surface area contributed by atoms with E-state index < -0.39 is 43.1 Å². The standard InChI is InChI=1S/C13H26O8/c1-2-3-4-5-8(14)6-21-7-9(15)10(16)11(17)12(18)13(19)20/h8-12,14-18H,2-7H2,1H3,(H,19,20). The molecule has 0 bridgehead atoms. The molecule has 0 aliphatic carbocycles. The highest BCUT2D eigenvalue weighted by Crippen LogP contribution is 2.07. The van der Waals surface area contributed by atoms with E-state index in [-0.39, 0.29) is 6.61 Å². The van der Waals surface area contributed by atoms with Crippen LogP contribution in [0.5, 0.6) is 0 Å². The maximum atomic E-state index is 10.4. The van der Waals surface area contributed by atoms with Gasteiger partial charge in [0.25, 0.3) is 0 Å². The lowest BCUT2D eigenvalue weighted by molar-refractivity contribution is -0.165. The fourth-order valence-corrected chi connectivity index (χ4v) is 1.70. The number of aliphatic carboxylic acids is 1. The number of hydrogen-bond donors (Lipinski definition) is 6. The summed E-state index contributed by atoms with van der Waals surface area (Å²) < 4.78 is 5.00. The van der Waals surface area contributed by atoms with E-state index in [9.17, 15) is 25.2 Å². The third-order valence-electron chi connectivity index (χ3n) is 3.06. The largest absolute Gasteiger partial charge is 0.479 e. The predicted octanol–water partition coefficient (Wildman–Crippen LogP) is -1.53. The van der Waals surface area contributed by atoms with E-state index in [1.165, 1.54) is 0 Å². The van der Waals surface area contributed by atoms with E-state index in [4.69, 9.17) is 14.9 Å². The molecule has 0 fully saturated rings. The van der Waals surface area contributed by atoms with Crippen molar-refractivity contribution in [3.63, 3.8) is 0 Å². The molecule has 0 aromatic heterocycles. The van der Waals surface area contributed by atoms with E-state index in [0.717, 1.165) is 19.3 Å². The highest BCUT2D eigenvalue weighted by molar-refractivity contribution is 5.72. The molecule has 5 unspecified atom stereocenters. The number of carboxylic acids is 1. The number of rotatable bonds is 12. The van der Waals surface area contributed by atoms with Crippen LogP contribution in [-0.4, -0.2) is 80.3 Å². The Labute approximate surface area is 123 Å². The van der Waals surface area contributed by atoms with E-state index in [2.05, 4.69) is 0 Å². The topological polar surface area (TPSA) is 148 Å². The molecule has 8 nitrogen and oxygen atoms in total. The van der Waals surface area contributed by atoms with Crippen LogP contribution in [0.3, 0.4) is 0 Å². The lowest BCUT2D eigenvalue weighted by Gasteiger charge is -2.24. The summed E-state index contributed by atoms with van der Waals surface area (Å²) in [5, 5.41) is 55.4. The van der Waals surface area contributed by atoms with Gasteiger partial charge in [-0.1, -0.05) is 26.2 Å². The van der Waals surface area contributed by atoms with Crippen LogP contribution in [0, 0.1) is 0 Å². The number of carbonyl (C=O) groups is 1. The summed E-state index contributed by atoms with van der Waals surface area (Å²) in [6.45, 7) is 1.61. The molecule has 0 aromatic rings. The first kappa shape index (κ1) is 20.2. The highest BCUT2D eigenvalue weighted by Gasteiger charge is 2.34. The Morgan fingerprint density at radius 2 is 1.62 bits per heavy atom. The molecule has 0 amide bonds. The van der Waals surface area contributed by atoms with Crippen LogP contribution in [-0.2, 0) is 9.53 Å². The van der Waals surface area contributed by atoms with Gasteiger partial charge >= 0.3 is 5.97 Å². The fourth-order valence-electron chi connectivity index (χ4n) is 1.70. The molecular formula is C13H26O8. The van der Waals surface area contributed by atoms with E-state index in [1.54, 1.807) is 0 Å². The van der Waals surface area contributed by atoms with Crippen molar-refractivity contribution in [3.8, 4) is 0 Å². The monoisotopic (exact) mass is 310 g/mol. The molecule has 126 valence electrons. The average molecular weight is 310 g/mol. The Morgan fingerprint density at radius 3 is 2.14 bits per heavy atom. The van der Waals surface area contributed by atoms with E-state index in [1.807, 2.05) is 6.92 Å². The van der Waals surface area contributed by atoms with Gasteiger partial charge in [-0.3, -0.25) is 0 Å². The molecular weight excluding hydrogens is 284 g/mol. The summed E-state index contributed by atoms with van der Waals surface area (Å²) in [6.07, 6.45) is -4.91. The second-order valence-electron chi connectivity index (χ2n) is 5.02. The van der Waals surface area contributed by atoms with Gasteiger partial charge in [0.2, 0.25) is 0 Å². The predicted molar refractivity (Wildman–Crippen MR) is 72.6 cm³/mol. The maximum absolute atomic E-state index is 10.4. The Balaban J connectivity index is 3.97. The Bertz CT molecular complexity index is 285. The van der Waals surface area contributed by atoms with Gasteiger partial charge in [0.05, 0.1) is 19.3 Å². The van der Waals surface area contributed by atoms with Gasteiger partial charge in [-0.2, -0.15) is 0 Å². The van der Waals surface area contributed by atoms with Gasteiger partial charge in [0.15, 0.2) is 6.10 Å². The zero-order valence-corrected chi connectivity index (χ0v) is 12.1. The normalized spacial score (nSPS) is 18.8. The summed E-state index contributed by atoms with van der Waals surface area (Å²) in [5.74, 6) is -1.71. The Hall–Kier alpha value is -0.770. The summed E-state index contributed by atoms with van der Waals surface area (Å²) >= 11 is 0. The molecule has 0 rings (SSSR count). The van der Waals surface area contributed by atoms with Crippen LogP contribution in [0.1, 0.15) is 32.6 Å². The minimum Gasteiger partial charge on any atom is -0.479 e. The number of ether oxygens (including phenoxy) is 1. The van der Waals surface area contributed by atoms with Gasteiger partial charge in [-0.15, -0.1) is 0 Å². The van der Waals surface area contributed by atoms with Gasteiger partial charge in [0.1, 0.15) is 18.3 Å². The number of aliphatic hydroxyl groups excluding tert-OH is 5. The molecule has 21 heavy (non-hydrogen) atoms. The van der Waals surface area contributed by atoms with Crippen molar-refractivity contribution in [3.05, 3.63) is 0 Å². The SMILES string of the molecule is CCCCCC(O)COCC(O)C(O)C(O)C(O)C(=O)O. The summed E-state index contributed by atoms with van der Waals surface area (Å²) in [5.41, 5.74) is 0.